The van der Waals surface area contributed by atoms with Gasteiger partial charge in [0.05, 0.1) is 6.04 Å². The zero-order valence-electron chi connectivity index (χ0n) is 13.0. The van der Waals surface area contributed by atoms with Gasteiger partial charge in [0.1, 0.15) is 17.9 Å². The third-order valence-electron chi connectivity index (χ3n) is 3.24. The van der Waals surface area contributed by atoms with Crippen LogP contribution < -0.4 is 11.1 Å². The number of oxazole rings is 1. The minimum atomic E-state index is -0.591. The van der Waals surface area contributed by atoms with E-state index in [9.17, 15) is 13.6 Å². The average molecular weight is 323 g/mol. The Morgan fingerprint density at radius 1 is 1.39 bits per heavy atom. The summed E-state index contributed by atoms with van der Waals surface area (Å²) in [7, 11) is 0. The van der Waals surface area contributed by atoms with Crippen molar-refractivity contribution in [3.05, 3.63) is 53.2 Å². The fourth-order valence-corrected chi connectivity index (χ4v) is 2.12. The molecule has 0 aliphatic rings. The smallest absolute Gasteiger partial charge is 0.273 e. The number of rotatable bonds is 6. The van der Waals surface area contributed by atoms with Crippen LogP contribution in [0.2, 0.25) is 0 Å². The van der Waals surface area contributed by atoms with Gasteiger partial charge in [0.2, 0.25) is 5.89 Å². The van der Waals surface area contributed by atoms with E-state index in [4.69, 9.17) is 10.2 Å². The molecule has 2 rings (SSSR count). The number of aromatic nitrogens is 1. The van der Waals surface area contributed by atoms with Crippen molar-refractivity contribution < 1.29 is 18.0 Å². The van der Waals surface area contributed by atoms with Crippen LogP contribution in [0, 0.1) is 17.6 Å². The first-order valence-electron chi connectivity index (χ1n) is 7.30. The summed E-state index contributed by atoms with van der Waals surface area (Å²) >= 11 is 0. The van der Waals surface area contributed by atoms with Crippen LogP contribution >= 0.6 is 0 Å². The molecule has 1 unspecified atom stereocenters. The highest BCUT2D eigenvalue weighted by Crippen LogP contribution is 2.18. The second-order valence-electron chi connectivity index (χ2n) is 5.73. The maximum Gasteiger partial charge on any atom is 0.273 e. The van der Waals surface area contributed by atoms with Gasteiger partial charge in [-0.25, -0.2) is 13.8 Å². The SMILES string of the molecule is CC(C)CC(N)c1nc(C(=O)NCc2cc(F)ccc2F)co1. The van der Waals surface area contributed by atoms with Crippen LogP contribution in [0.25, 0.3) is 0 Å². The van der Waals surface area contributed by atoms with Crippen molar-refractivity contribution in [1.82, 2.24) is 10.3 Å². The van der Waals surface area contributed by atoms with Crippen molar-refractivity contribution in [2.45, 2.75) is 32.9 Å². The summed E-state index contributed by atoms with van der Waals surface area (Å²) in [4.78, 5) is 16.0. The van der Waals surface area contributed by atoms with Gasteiger partial charge >= 0.3 is 0 Å². The zero-order valence-corrected chi connectivity index (χ0v) is 13.0. The summed E-state index contributed by atoms with van der Waals surface area (Å²) in [5.41, 5.74) is 6.04. The third kappa shape index (κ3) is 4.59. The fraction of sp³-hybridized carbons (Fsp3) is 0.375. The van der Waals surface area contributed by atoms with Gasteiger partial charge in [0, 0.05) is 12.1 Å². The van der Waals surface area contributed by atoms with E-state index in [1.54, 1.807) is 0 Å². The standard InChI is InChI=1S/C16H19F2N3O2/c1-9(2)5-13(19)16-21-14(8-23-16)15(22)20-7-10-6-11(17)3-4-12(10)18/h3-4,6,8-9,13H,5,7,19H2,1-2H3,(H,20,22). The van der Waals surface area contributed by atoms with Gasteiger partial charge in [0.25, 0.3) is 5.91 Å². The molecule has 0 radical (unpaired) electrons. The lowest BCUT2D eigenvalue weighted by Crippen LogP contribution is -2.24. The number of nitrogens with zero attached hydrogens (tertiary/aromatic N) is 1. The topological polar surface area (TPSA) is 81.1 Å². The average Bonchev–Trinajstić information content (AvgIpc) is 2.97. The van der Waals surface area contributed by atoms with E-state index < -0.39 is 23.6 Å². The highest BCUT2D eigenvalue weighted by atomic mass is 19.1. The monoisotopic (exact) mass is 323 g/mol. The number of benzene rings is 1. The molecule has 1 atom stereocenters. The first-order valence-corrected chi connectivity index (χ1v) is 7.30. The largest absolute Gasteiger partial charge is 0.446 e. The molecule has 0 saturated carbocycles. The lowest BCUT2D eigenvalue weighted by Gasteiger charge is -2.09. The Hall–Kier alpha value is -2.28. The highest BCUT2D eigenvalue weighted by molar-refractivity contribution is 5.91. The van der Waals surface area contributed by atoms with E-state index in [-0.39, 0.29) is 23.7 Å². The molecule has 0 saturated heterocycles. The number of amides is 1. The molecule has 7 heteroatoms. The van der Waals surface area contributed by atoms with Gasteiger partial charge in [-0.2, -0.15) is 0 Å². The number of halogens is 2. The molecule has 1 aromatic carbocycles. The van der Waals surface area contributed by atoms with Crippen LogP contribution in [-0.2, 0) is 6.54 Å². The first kappa shape index (κ1) is 17.1. The maximum absolute atomic E-state index is 13.5. The van der Waals surface area contributed by atoms with Crippen molar-refractivity contribution in [3.8, 4) is 0 Å². The van der Waals surface area contributed by atoms with Crippen molar-refractivity contribution in [3.63, 3.8) is 0 Å². The number of hydrogen-bond acceptors (Lipinski definition) is 4. The lowest BCUT2D eigenvalue weighted by atomic mass is 10.0. The number of nitrogens with two attached hydrogens (primary N) is 1. The van der Waals surface area contributed by atoms with Crippen LogP contribution in [0.3, 0.4) is 0 Å². The molecule has 5 nitrogen and oxygen atoms in total. The van der Waals surface area contributed by atoms with Gasteiger partial charge < -0.3 is 15.5 Å². The lowest BCUT2D eigenvalue weighted by molar-refractivity contribution is 0.0945. The summed E-state index contributed by atoms with van der Waals surface area (Å²) in [6.07, 6.45) is 1.88. The van der Waals surface area contributed by atoms with Crippen molar-refractivity contribution in [1.29, 1.82) is 0 Å². The molecular weight excluding hydrogens is 304 g/mol. The molecular formula is C16H19F2N3O2. The van der Waals surface area contributed by atoms with Crippen molar-refractivity contribution in [2.24, 2.45) is 11.7 Å². The van der Waals surface area contributed by atoms with E-state index in [2.05, 4.69) is 10.3 Å². The van der Waals surface area contributed by atoms with Crippen LogP contribution in [0.5, 0.6) is 0 Å². The number of hydrogen-bond donors (Lipinski definition) is 2. The predicted molar refractivity (Wildman–Crippen MR) is 80.4 cm³/mol. The molecule has 124 valence electrons. The normalized spacial score (nSPS) is 12.4. The van der Waals surface area contributed by atoms with E-state index in [1.807, 2.05) is 13.8 Å². The quantitative estimate of drug-likeness (QED) is 0.856. The second kappa shape index (κ2) is 7.32. The number of nitrogens with one attached hydrogen (secondary N) is 1. The maximum atomic E-state index is 13.5. The Morgan fingerprint density at radius 2 is 2.13 bits per heavy atom. The molecule has 3 N–H and O–H groups in total. The van der Waals surface area contributed by atoms with Crippen LogP contribution in [0.1, 0.15) is 48.3 Å². The molecule has 0 fully saturated rings. The Labute approximate surface area is 132 Å². The predicted octanol–water partition coefficient (Wildman–Crippen LogP) is 2.93. The minimum Gasteiger partial charge on any atom is -0.446 e. The van der Waals surface area contributed by atoms with Crippen molar-refractivity contribution in [2.75, 3.05) is 0 Å². The number of carbonyl (C=O) groups excluding carboxylic acids is 1. The van der Waals surface area contributed by atoms with Crippen LogP contribution in [0.4, 0.5) is 8.78 Å². The number of carbonyl (C=O) groups is 1. The van der Waals surface area contributed by atoms with Crippen LogP contribution in [0.15, 0.2) is 28.9 Å². The van der Waals surface area contributed by atoms with Gasteiger partial charge in [-0.1, -0.05) is 13.8 Å². The van der Waals surface area contributed by atoms with E-state index in [0.29, 0.717) is 12.3 Å². The van der Waals surface area contributed by atoms with E-state index >= 15 is 0 Å². The first-order chi connectivity index (χ1) is 10.9. The van der Waals surface area contributed by atoms with Gasteiger partial charge in [-0.05, 0) is 30.5 Å². The molecule has 0 bridgehead atoms. The van der Waals surface area contributed by atoms with Crippen LogP contribution in [-0.4, -0.2) is 10.9 Å². The minimum absolute atomic E-state index is 0.0519. The molecule has 23 heavy (non-hydrogen) atoms. The Kier molecular flexibility index (Phi) is 5.44. The molecule has 1 amide bonds. The van der Waals surface area contributed by atoms with Crippen molar-refractivity contribution >= 4 is 5.91 Å². The summed E-state index contributed by atoms with van der Waals surface area (Å²) < 4.78 is 31.8. The Morgan fingerprint density at radius 3 is 2.83 bits per heavy atom. The molecule has 0 aliphatic heterocycles. The molecule has 0 spiro atoms. The summed E-state index contributed by atoms with van der Waals surface area (Å²) in [5.74, 6) is -1.06. The molecule has 0 aliphatic carbocycles. The molecule has 1 heterocycles. The summed E-state index contributed by atoms with van der Waals surface area (Å²) in [6, 6.07) is 2.66. The van der Waals surface area contributed by atoms with E-state index in [1.165, 1.54) is 6.26 Å². The summed E-state index contributed by atoms with van der Waals surface area (Å²) in [6.45, 7) is 3.89. The Balaban J connectivity index is 1.98. The molecule has 2 aromatic rings. The zero-order chi connectivity index (χ0) is 17.0. The third-order valence-corrected chi connectivity index (χ3v) is 3.24. The highest BCUT2D eigenvalue weighted by Gasteiger charge is 2.18. The van der Waals surface area contributed by atoms with Gasteiger partial charge in [-0.15, -0.1) is 0 Å². The fourth-order valence-electron chi connectivity index (χ4n) is 2.12. The van der Waals surface area contributed by atoms with E-state index in [0.717, 1.165) is 18.2 Å². The molecule has 1 aromatic heterocycles. The Bertz CT molecular complexity index is 686. The summed E-state index contributed by atoms with van der Waals surface area (Å²) in [5, 5.41) is 2.47. The van der Waals surface area contributed by atoms with Gasteiger partial charge in [0.15, 0.2) is 5.69 Å². The van der Waals surface area contributed by atoms with Gasteiger partial charge in [-0.3, -0.25) is 4.79 Å². The second-order valence-corrected chi connectivity index (χ2v) is 5.73.